The number of hydrogen-bond donors (Lipinski definition) is 2. The van der Waals surface area contributed by atoms with Crippen molar-refractivity contribution in [2.75, 3.05) is 6.61 Å². The molecule has 0 spiro atoms. The van der Waals surface area contributed by atoms with E-state index in [-0.39, 0.29) is 13.2 Å². The van der Waals surface area contributed by atoms with Gasteiger partial charge in [-0.2, -0.15) is 0 Å². The van der Waals surface area contributed by atoms with Crippen molar-refractivity contribution < 1.29 is 9.84 Å². The SMILES string of the molecule is CC(C)(CO)NCc1cc(Cl)ccc1OCc1c(Cl)cccc1Cl. The molecule has 24 heavy (non-hydrogen) atoms. The molecule has 0 saturated heterocycles. The van der Waals surface area contributed by atoms with Crippen LogP contribution in [0.25, 0.3) is 0 Å². The molecular weight excluding hydrogens is 369 g/mol. The number of hydrogen-bond acceptors (Lipinski definition) is 3. The highest BCUT2D eigenvalue weighted by atomic mass is 35.5. The van der Waals surface area contributed by atoms with Gasteiger partial charge in [0.25, 0.3) is 0 Å². The van der Waals surface area contributed by atoms with Gasteiger partial charge < -0.3 is 15.2 Å². The van der Waals surface area contributed by atoms with Crippen molar-refractivity contribution in [2.24, 2.45) is 0 Å². The van der Waals surface area contributed by atoms with Gasteiger partial charge in [-0.05, 0) is 44.2 Å². The van der Waals surface area contributed by atoms with E-state index in [2.05, 4.69) is 5.32 Å². The Morgan fingerprint density at radius 3 is 2.38 bits per heavy atom. The lowest BCUT2D eigenvalue weighted by molar-refractivity contribution is 0.186. The molecule has 0 fully saturated rings. The van der Waals surface area contributed by atoms with Crippen molar-refractivity contribution in [1.29, 1.82) is 0 Å². The zero-order chi connectivity index (χ0) is 17.7. The van der Waals surface area contributed by atoms with Crippen LogP contribution in [0, 0.1) is 0 Å². The van der Waals surface area contributed by atoms with Crippen LogP contribution in [0.1, 0.15) is 25.0 Å². The molecular formula is C18H20Cl3NO2. The number of rotatable bonds is 7. The molecule has 0 aromatic heterocycles. The second-order valence-electron chi connectivity index (χ2n) is 6.14. The van der Waals surface area contributed by atoms with Crippen LogP contribution in [-0.4, -0.2) is 17.3 Å². The van der Waals surface area contributed by atoms with Gasteiger partial charge in [0.2, 0.25) is 0 Å². The average Bonchev–Trinajstić information content (AvgIpc) is 2.54. The topological polar surface area (TPSA) is 41.5 Å². The molecule has 0 atom stereocenters. The van der Waals surface area contributed by atoms with E-state index in [1.54, 1.807) is 24.3 Å². The molecule has 0 aliphatic heterocycles. The minimum absolute atomic E-state index is 0.0268. The maximum absolute atomic E-state index is 9.36. The monoisotopic (exact) mass is 387 g/mol. The number of ether oxygens (including phenoxy) is 1. The summed E-state index contributed by atoms with van der Waals surface area (Å²) >= 11 is 18.4. The summed E-state index contributed by atoms with van der Waals surface area (Å²) in [4.78, 5) is 0. The Balaban J connectivity index is 2.15. The Labute approximate surface area is 157 Å². The molecule has 2 N–H and O–H groups in total. The van der Waals surface area contributed by atoms with E-state index in [9.17, 15) is 5.11 Å². The maximum atomic E-state index is 9.36. The van der Waals surface area contributed by atoms with E-state index in [0.29, 0.717) is 27.4 Å². The molecule has 0 aliphatic carbocycles. The first-order valence-corrected chi connectivity index (χ1v) is 8.66. The summed E-state index contributed by atoms with van der Waals surface area (Å²) in [7, 11) is 0. The molecule has 0 amide bonds. The summed E-state index contributed by atoms with van der Waals surface area (Å²) in [5, 5.41) is 14.4. The lowest BCUT2D eigenvalue weighted by Gasteiger charge is -2.24. The number of benzene rings is 2. The van der Waals surface area contributed by atoms with Crippen LogP contribution < -0.4 is 10.1 Å². The third-order valence-electron chi connectivity index (χ3n) is 3.61. The van der Waals surface area contributed by atoms with E-state index < -0.39 is 5.54 Å². The summed E-state index contributed by atoms with van der Waals surface area (Å²) in [5.41, 5.74) is 1.24. The minimum Gasteiger partial charge on any atom is -0.488 e. The van der Waals surface area contributed by atoms with Crippen molar-refractivity contribution in [3.8, 4) is 5.75 Å². The Morgan fingerprint density at radius 1 is 1.08 bits per heavy atom. The van der Waals surface area contributed by atoms with E-state index in [1.807, 2.05) is 26.0 Å². The van der Waals surface area contributed by atoms with Gasteiger partial charge in [0, 0.05) is 38.3 Å². The Morgan fingerprint density at radius 2 is 1.75 bits per heavy atom. The molecule has 0 aliphatic rings. The van der Waals surface area contributed by atoms with Gasteiger partial charge in [-0.15, -0.1) is 0 Å². The molecule has 0 bridgehead atoms. The van der Waals surface area contributed by atoms with E-state index in [0.717, 1.165) is 11.1 Å². The highest BCUT2D eigenvalue weighted by molar-refractivity contribution is 6.36. The first-order chi connectivity index (χ1) is 11.3. The normalized spacial score (nSPS) is 11.6. The largest absolute Gasteiger partial charge is 0.488 e. The van der Waals surface area contributed by atoms with Crippen LogP contribution in [0.15, 0.2) is 36.4 Å². The van der Waals surface area contributed by atoms with Crippen LogP contribution in [0.5, 0.6) is 5.75 Å². The number of aliphatic hydroxyl groups is 1. The predicted molar refractivity (Wildman–Crippen MR) is 100 cm³/mol. The quantitative estimate of drug-likeness (QED) is 0.694. The standard InChI is InChI=1S/C18H20Cl3NO2/c1-18(2,11-23)22-9-12-8-13(19)6-7-17(12)24-10-14-15(20)4-3-5-16(14)21/h3-8,22-23H,9-11H2,1-2H3. The molecule has 130 valence electrons. The Kier molecular flexibility index (Phi) is 6.79. The van der Waals surface area contributed by atoms with Gasteiger partial charge in [-0.25, -0.2) is 0 Å². The average molecular weight is 389 g/mol. The Hall–Kier alpha value is -0.970. The van der Waals surface area contributed by atoms with Crippen LogP contribution in [-0.2, 0) is 13.2 Å². The fourth-order valence-corrected chi connectivity index (χ4v) is 2.74. The van der Waals surface area contributed by atoms with Crippen LogP contribution in [0.4, 0.5) is 0 Å². The van der Waals surface area contributed by atoms with E-state index in [4.69, 9.17) is 39.5 Å². The fraction of sp³-hybridized carbons (Fsp3) is 0.333. The first kappa shape index (κ1) is 19.4. The van der Waals surface area contributed by atoms with Gasteiger partial charge in [-0.1, -0.05) is 40.9 Å². The summed E-state index contributed by atoms with van der Waals surface area (Å²) < 4.78 is 5.91. The van der Waals surface area contributed by atoms with Crippen molar-refractivity contribution >= 4 is 34.8 Å². The van der Waals surface area contributed by atoms with Gasteiger partial charge >= 0.3 is 0 Å². The molecule has 3 nitrogen and oxygen atoms in total. The van der Waals surface area contributed by atoms with Crippen molar-refractivity contribution in [2.45, 2.75) is 32.5 Å². The molecule has 0 unspecified atom stereocenters. The van der Waals surface area contributed by atoms with Crippen LogP contribution in [0.2, 0.25) is 15.1 Å². The number of aliphatic hydroxyl groups excluding tert-OH is 1. The highest BCUT2D eigenvalue weighted by Gasteiger charge is 2.17. The summed E-state index contributed by atoms with van der Waals surface area (Å²) in [6, 6.07) is 10.8. The molecule has 2 aromatic rings. The highest BCUT2D eigenvalue weighted by Crippen LogP contribution is 2.28. The molecule has 0 radical (unpaired) electrons. The third-order valence-corrected chi connectivity index (χ3v) is 4.55. The van der Waals surface area contributed by atoms with Crippen molar-refractivity contribution in [3.63, 3.8) is 0 Å². The zero-order valence-corrected chi connectivity index (χ0v) is 15.8. The van der Waals surface area contributed by atoms with Crippen LogP contribution in [0.3, 0.4) is 0 Å². The summed E-state index contributed by atoms with van der Waals surface area (Å²) in [5.74, 6) is 0.691. The maximum Gasteiger partial charge on any atom is 0.124 e. The molecule has 6 heteroatoms. The zero-order valence-electron chi connectivity index (χ0n) is 13.6. The Bertz CT molecular complexity index is 684. The molecule has 2 aromatic carbocycles. The molecule has 0 heterocycles. The van der Waals surface area contributed by atoms with Gasteiger partial charge in [0.1, 0.15) is 12.4 Å². The predicted octanol–water partition coefficient (Wildman–Crippen LogP) is 5.09. The first-order valence-electron chi connectivity index (χ1n) is 7.52. The molecule has 0 saturated carbocycles. The van der Waals surface area contributed by atoms with Gasteiger partial charge in [0.15, 0.2) is 0 Å². The van der Waals surface area contributed by atoms with Crippen molar-refractivity contribution in [3.05, 3.63) is 62.6 Å². The second kappa shape index (κ2) is 8.41. The minimum atomic E-state index is -0.397. The number of nitrogens with one attached hydrogen (secondary N) is 1. The van der Waals surface area contributed by atoms with Crippen molar-refractivity contribution in [1.82, 2.24) is 5.32 Å². The number of halogens is 3. The van der Waals surface area contributed by atoms with E-state index >= 15 is 0 Å². The van der Waals surface area contributed by atoms with Crippen LogP contribution >= 0.6 is 34.8 Å². The summed E-state index contributed by atoms with van der Waals surface area (Å²) in [6.07, 6.45) is 0. The lowest BCUT2D eigenvalue weighted by atomic mass is 10.1. The second-order valence-corrected chi connectivity index (χ2v) is 7.39. The smallest absolute Gasteiger partial charge is 0.124 e. The third kappa shape index (κ3) is 5.27. The summed E-state index contributed by atoms with van der Waals surface area (Å²) in [6.45, 7) is 4.64. The van der Waals surface area contributed by atoms with E-state index in [1.165, 1.54) is 0 Å². The van der Waals surface area contributed by atoms with Gasteiger partial charge in [-0.3, -0.25) is 0 Å². The van der Waals surface area contributed by atoms with Gasteiger partial charge in [0.05, 0.1) is 6.61 Å². The fourth-order valence-electron chi connectivity index (χ4n) is 2.04. The lowest BCUT2D eigenvalue weighted by Crippen LogP contribution is -2.42. The molecule has 2 rings (SSSR count).